The Kier molecular flexibility index (Phi) is 22.8. The molecule has 4 aromatic heterocycles. The summed E-state index contributed by atoms with van der Waals surface area (Å²) in [7, 11) is 0. The highest BCUT2D eigenvalue weighted by molar-refractivity contribution is 5.89. The number of rotatable bonds is 15. The fraction of sp³-hybridized carbons (Fsp3) is 0.446. The molecule has 2 amide bonds. The molecule has 1 fully saturated rings. The van der Waals surface area contributed by atoms with E-state index in [2.05, 4.69) is 56.5 Å². The third-order valence-electron chi connectivity index (χ3n) is 13.7. The Hall–Kier alpha value is -8.59. The molecule has 0 aliphatic carbocycles. The van der Waals surface area contributed by atoms with Crippen LogP contribution in [0.4, 0.5) is 57.0 Å². The van der Waals surface area contributed by atoms with Crippen LogP contribution >= 0.6 is 0 Å². The third-order valence-corrected chi connectivity index (χ3v) is 13.7. The molecule has 0 spiro atoms. The number of fused-ring (bicyclic) bond motifs is 1. The van der Waals surface area contributed by atoms with Gasteiger partial charge in [0.2, 0.25) is 11.8 Å². The summed E-state index contributed by atoms with van der Waals surface area (Å²) in [4.78, 5) is 75.2. The summed E-state index contributed by atoms with van der Waals surface area (Å²) in [6.45, 7) is 27.8. The van der Waals surface area contributed by atoms with Crippen molar-refractivity contribution >= 4 is 46.5 Å². The van der Waals surface area contributed by atoms with Crippen LogP contribution in [0, 0.1) is 20.8 Å². The molecule has 0 saturated carbocycles. The lowest BCUT2D eigenvalue weighted by atomic mass is 10.0. The smallest absolute Gasteiger partial charge is 0.363 e. The summed E-state index contributed by atoms with van der Waals surface area (Å²) in [6.07, 6.45) is -12.0. The number of nitrogens with zero attached hydrogens (tertiary/aromatic N) is 7. The van der Waals surface area contributed by atoms with Crippen molar-refractivity contribution in [3.8, 4) is 0 Å². The van der Waals surface area contributed by atoms with Gasteiger partial charge in [0.1, 0.15) is 34.9 Å². The van der Waals surface area contributed by atoms with Crippen molar-refractivity contribution in [2.75, 3.05) is 29.2 Å². The van der Waals surface area contributed by atoms with Gasteiger partial charge in [-0.15, -0.1) is 0 Å². The van der Waals surface area contributed by atoms with Gasteiger partial charge in [0, 0.05) is 47.0 Å². The maximum absolute atomic E-state index is 13.2. The minimum Gasteiger partial charge on any atom is -0.363 e. The lowest BCUT2D eigenvalue weighted by molar-refractivity contribution is -0.138. The number of amides is 2. The molecule has 0 bridgehead atoms. The second kappa shape index (κ2) is 28.9. The first kappa shape index (κ1) is 72.5. The molecule has 3 atom stereocenters. The quantitative estimate of drug-likeness (QED) is 0.0475. The molecule has 0 unspecified atom stereocenters. The molecule has 496 valence electrons. The van der Waals surface area contributed by atoms with Crippen LogP contribution in [0.3, 0.4) is 0 Å². The minimum absolute atomic E-state index is 0.0220. The molecule has 5 heterocycles. The zero-order chi connectivity index (χ0) is 68.6. The summed E-state index contributed by atoms with van der Waals surface area (Å²) in [5.74, 6) is 1.67. The zero-order valence-electron chi connectivity index (χ0n) is 53.8. The van der Waals surface area contributed by atoms with Gasteiger partial charge >= 0.3 is 18.5 Å². The van der Waals surface area contributed by atoms with E-state index >= 15 is 0 Å². The summed E-state index contributed by atoms with van der Waals surface area (Å²) in [5.41, 5.74) is -0.630. The topological polar surface area (TPSA) is 229 Å². The Labute approximate surface area is 527 Å². The molecule has 18 nitrogen and oxygen atoms in total. The number of ether oxygens (including phenoxy) is 2. The summed E-state index contributed by atoms with van der Waals surface area (Å²) in [6, 6.07) is 15.1. The molecule has 1 aliphatic heterocycles. The van der Waals surface area contributed by atoms with Crippen LogP contribution < -0.4 is 32.1 Å². The van der Waals surface area contributed by atoms with Gasteiger partial charge in [-0.25, -0.2) is 29.9 Å². The van der Waals surface area contributed by atoms with Crippen LogP contribution in [-0.4, -0.2) is 76.9 Å². The average Bonchev–Trinajstić information content (AvgIpc) is 0.890. The van der Waals surface area contributed by atoms with E-state index in [1.165, 1.54) is 24.3 Å². The van der Waals surface area contributed by atoms with E-state index < -0.39 is 76.3 Å². The first-order chi connectivity index (χ1) is 42.5. The van der Waals surface area contributed by atoms with Gasteiger partial charge in [-0.05, 0) is 157 Å². The van der Waals surface area contributed by atoms with Gasteiger partial charge in [0.25, 0.3) is 5.56 Å². The Morgan fingerprint density at radius 2 is 0.935 bits per heavy atom. The van der Waals surface area contributed by atoms with Gasteiger partial charge in [0.15, 0.2) is 12.6 Å². The Morgan fingerprint density at radius 3 is 1.35 bits per heavy atom. The summed E-state index contributed by atoms with van der Waals surface area (Å²) in [5, 5.41) is 15.7. The summed E-state index contributed by atoms with van der Waals surface area (Å²) >= 11 is 0. The molecule has 3 aromatic carbocycles. The highest BCUT2D eigenvalue weighted by Gasteiger charge is 2.35. The van der Waals surface area contributed by atoms with Crippen LogP contribution in [0.2, 0.25) is 0 Å². The molecule has 0 radical (unpaired) electrons. The number of aromatic nitrogens is 7. The van der Waals surface area contributed by atoms with Crippen molar-refractivity contribution in [3.63, 3.8) is 0 Å². The zero-order valence-corrected chi connectivity index (χ0v) is 53.8. The van der Waals surface area contributed by atoms with E-state index in [9.17, 15) is 58.7 Å². The number of hydrogen-bond donors (Lipinski definition) is 5. The maximum Gasteiger partial charge on any atom is 0.416 e. The van der Waals surface area contributed by atoms with Gasteiger partial charge < -0.3 is 40.6 Å². The fourth-order valence-corrected chi connectivity index (χ4v) is 9.57. The molecule has 1 aliphatic rings. The van der Waals surface area contributed by atoms with E-state index in [1.807, 2.05) is 62.3 Å². The number of carbonyl (C=O) groups excluding carboxylic acids is 3. The molecule has 7 aromatic rings. The molecular weight excluding hydrogens is 1220 g/mol. The van der Waals surface area contributed by atoms with Crippen molar-refractivity contribution in [3.05, 3.63) is 169 Å². The van der Waals surface area contributed by atoms with Gasteiger partial charge in [0.05, 0.1) is 76.2 Å². The largest absolute Gasteiger partial charge is 0.416 e. The van der Waals surface area contributed by atoms with E-state index in [-0.39, 0.29) is 47.3 Å². The molecular formula is C65H77F9N12O6. The number of aldehydes is 1. The number of nitrogens with one attached hydrogen (secondary N) is 5. The van der Waals surface area contributed by atoms with Crippen LogP contribution in [-0.2, 0) is 56.0 Å². The van der Waals surface area contributed by atoms with E-state index in [1.54, 1.807) is 70.5 Å². The monoisotopic (exact) mass is 1290 g/mol. The van der Waals surface area contributed by atoms with Crippen molar-refractivity contribution in [2.24, 2.45) is 0 Å². The number of hydrogen-bond acceptors (Lipinski definition) is 15. The van der Waals surface area contributed by atoms with Crippen LogP contribution in [0.5, 0.6) is 0 Å². The first-order valence-electron chi connectivity index (χ1n) is 29.3. The number of anilines is 3. The van der Waals surface area contributed by atoms with E-state index in [4.69, 9.17) is 9.47 Å². The molecule has 92 heavy (non-hydrogen) atoms. The molecule has 27 heteroatoms. The first-order valence-corrected chi connectivity index (χ1v) is 29.3. The fourth-order valence-electron chi connectivity index (χ4n) is 9.57. The standard InChI is InChI=1S/C23H29F3N4O3.C21H25F3N4O2.C21H23F3N4O/c1-13(15-7-6-8-16(11-15)23(24,25)26)27-20-19(21-32-9-10-33-21)17(28-14(2)29-20)12-18(31)30-22(3,4)5;1-12(14-7-6-8-15(9-14)21(22,23)24)25-19-16(11-29)17(26-13(2)27-19)10-18(30)28-20(3,4)5;1-12(14-7-6-8-15(9-14)21(22,23)24)25-19-16-11-28(20(3,4)5)18(29)10-17(16)26-13(2)27-19/h6-8,11,13,21H,9-10,12H2,1-5H3,(H,30,31)(H,27,28,29);6-9,11-12H,10H2,1-5H3,(H,28,30)(H,25,26,27);6-12H,1-5H3,(H,25,26,27)/t13-;2*12-/m111/s1. The van der Waals surface area contributed by atoms with Crippen molar-refractivity contribution in [1.29, 1.82) is 0 Å². The Bertz CT molecular complexity index is 3830. The highest BCUT2D eigenvalue weighted by atomic mass is 19.4. The lowest BCUT2D eigenvalue weighted by Gasteiger charge is -2.24. The minimum atomic E-state index is -4.46. The SMILES string of the molecule is Cc1nc(CC(=O)NC(C)(C)C)c(C2OCCO2)c(N[C@H](C)c2cccc(C(F)(F)F)c2)n1.Cc1nc(CC(=O)NC(C)(C)C)c(C=O)c(N[C@H](C)c2cccc(C(F)(F)F)c2)n1.Cc1nc(N[C@H](C)c2cccc(C(F)(F)F)c2)c2cn(C(C)(C)C)c(=O)cc2n1. The third kappa shape index (κ3) is 20.5. The molecule has 8 rings (SSSR count). The summed E-state index contributed by atoms with van der Waals surface area (Å²) < 4.78 is 131. The number of aryl methyl sites for hydroxylation is 3. The van der Waals surface area contributed by atoms with Crippen LogP contribution in [0.1, 0.15) is 186 Å². The number of pyridine rings is 1. The second-order valence-corrected chi connectivity index (χ2v) is 25.1. The molecule has 5 N–H and O–H groups in total. The average molecular weight is 1290 g/mol. The predicted molar refractivity (Wildman–Crippen MR) is 331 cm³/mol. The Balaban J connectivity index is 0.000000220. The van der Waals surface area contributed by atoms with E-state index in [0.29, 0.717) is 87.5 Å². The number of halogens is 9. The maximum atomic E-state index is 13.2. The van der Waals surface area contributed by atoms with Crippen molar-refractivity contribution in [1.82, 2.24) is 45.1 Å². The second-order valence-electron chi connectivity index (χ2n) is 25.1. The van der Waals surface area contributed by atoms with Gasteiger partial charge in [-0.3, -0.25) is 19.2 Å². The normalized spacial score (nSPS) is 14.2. The van der Waals surface area contributed by atoms with Crippen molar-refractivity contribution in [2.45, 2.75) is 176 Å². The number of carbonyl (C=O) groups is 3. The van der Waals surface area contributed by atoms with Crippen LogP contribution in [0.25, 0.3) is 10.9 Å². The lowest BCUT2D eigenvalue weighted by Crippen LogP contribution is -2.41. The Morgan fingerprint density at radius 1 is 0.554 bits per heavy atom. The number of benzene rings is 3. The van der Waals surface area contributed by atoms with Crippen LogP contribution in [0.15, 0.2) is 89.9 Å². The van der Waals surface area contributed by atoms with Gasteiger partial charge in [-0.2, -0.15) is 39.5 Å². The van der Waals surface area contributed by atoms with Gasteiger partial charge in [-0.1, -0.05) is 36.4 Å². The molecule has 1 saturated heterocycles. The van der Waals surface area contributed by atoms with E-state index in [0.717, 1.165) is 36.4 Å². The number of alkyl halides is 9. The predicted octanol–water partition coefficient (Wildman–Crippen LogP) is 13.8. The highest BCUT2D eigenvalue weighted by Crippen LogP contribution is 2.37. The van der Waals surface area contributed by atoms with Crippen molar-refractivity contribution < 1.29 is 63.4 Å².